The molecule has 0 radical (unpaired) electrons. The molecule has 0 saturated heterocycles. The predicted molar refractivity (Wildman–Crippen MR) is 171 cm³/mol. The smallest absolute Gasteiger partial charge is 0.459 e. The number of rotatable bonds is 16. The number of H-pyrrole nitrogens is 1. The Kier molecular flexibility index (Phi) is 11.0. The summed E-state index contributed by atoms with van der Waals surface area (Å²) in [5.41, 5.74) is 11.3. The van der Waals surface area contributed by atoms with E-state index >= 15 is 0 Å². The van der Waals surface area contributed by atoms with E-state index in [4.69, 9.17) is 30.0 Å². The van der Waals surface area contributed by atoms with Crippen LogP contribution in [-0.2, 0) is 28.2 Å². The zero-order chi connectivity index (χ0) is 33.6. The first-order valence-corrected chi connectivity index (χ1v) is 16.6. The fourth-order valence-corrected chi connectivity index (χ4v) is 6.17. The third-order valence-electron chi connectivity index (χ3n) is 7.51. The summed E-state index contributed by atoms with van der Waals surface area (Å²) in [5, 5.41) is 2.70. The van der Waals surface area contributed by atoms with Gasteiger partial charge in [0.05, 0.1) is 18.1 Å². The second-order valence-electron chi connectivity index (χ2n) is 11.8. The molecule has 1 saturated carbocycles. The Hall–Kier alpha value is -4.04. The highest BCUT2D eigenvalue weighted by molar-refractivity contribution is 7.52. The second kappa shape index (κ2) is 14.6. The minimum atomic E-state index is -4.23. The normalized spacial score (nSPS) is 20.2. The van der Waals surface area contributed by atoms with E-state index in [0.29, 0.717) is 18.4 Å². The monoisotopic (exact) mass is 659 g/mol. The van der Waals surface area contributed by atoms with Gasteiger partial charge in [-0.3, -0.25) is 28.5 Å². The number of nitrogens with one attached hydrogen (secondary N) is 2. The standard InChI is InChI=1S/C30H42N7O8P/c1-6-10-19(4)44-27(39)20(5)36-46(41,45-22-11-8-7-9-12-22)43-16-30(15-42-28(40)23(31)18(2)3)13-21(30)14-37-17-33-24-25(37)34-29(32)35-26(24)38/h7-9,11-12,14,17-20,23H,6,10,13,15-16,31H2,1-5H3,(H,36,41)(H3,32,34,35,38)/b21-14-/t19-,20-,23?,30-,46?/m0/s1. The van der Waals surface area contributed by atoms with Gasteiger partial charge < -0.3 is 25.5 Å². The number of imidazole rings is 1. The van der Waals surface area contributed by atoms with Crippen LogP contribution < -0.4 is 26.6 Å². The Bertz CT molecular complexity index is 1670. The number of para-hydroxylation sites is 1. The lowest BCUT2D eigenvalue weighted by Crippen LogP contribution is -2.39. The maximum Gasteiger partial charge on any atom is 0.459 e. The van der Waals surface area contributed by atoms with E-state index in [1.54, 1.807) is 57.3 Å². The average molecular weight is 660 g/mol. The quantitative estimate of drug-likeness (QED) is 0.128. The van der Waals surface area contributed by atoms with Crippen LogP contribution in [0.5, 0.6) is 5.75 Å². The Balaban J connectivity index is 1.61. The van der Waals surface area contributed by atoms with Gasteiger partial charge >= 0.3 is 19.7 Å². The number of anilines is 1. The van der Waals surface area contributed by atoms with Gasteiger partial charge in [0.1, 0.15) is 30.8 Å². The summed E-state index contributed by atoms with van der Waals surface area (Å²) < 4.78 is 38.6. The third-order valence-corrected chi connectivity index (χ3v) is 9.13. The number of hydrogen-bond acceptors (Lipinski definition) is 12. The first-order valence-electron chi connectivity index (χ1n) is 15.1. The molecule has 0 amide bonds. The van der Waals surface area contributed by atoms with Gasteiger partial charge in [0.2, 0.25) is 5.95 Å². The summed E-state index contributed by atoms with van der Waals surface area (Å²) in [6, 6.07) is 6.47. The molecule has 2 unspecified atom stereocenters. The number of ether oxygens (including phenoxy) is 2. The Morgan fingerprint density at radius 3 is 2.57 bits per heavy atom. The van der Waals surface area contributed by atoms with Gasteiger partial charge in [-0.05, 0) is 50.3 Å². The lowest BCUT2D eigenvalue weighted by molar-refractivity contribution is -0.150. The van der Waals surface area contributed by atoms with E-state index in [1.807, 2.05) is 6.92 Å². The SMILES string of the molecule is CCC[C@H](C)OC(=O)[C@H](C)NP(=O)(OC[C@@]1(COC(=O)C(N)C(C)C)C/C1=C/n1cnc2c(=O)[nH]c(N)nc21)Oc1ccccc1. The molecular weight excluding hydrogens is 617 g/mol. The molecule has 6 N–H and O–H groups in total. The molecule has 3 aromatic rings. The number of benzene rings is 1. The van der Waals surface area contributed by atoms with E-state index in [0.717, 1.165) is 6.42 Å². The number of nitrogens with two attached hydrogens (primary N) is 2. The minimum absolute atomic E-state index is 0.0820. The van der Waals surface area contributed by atoms with Crippen LogP contribution in [0.4, 0.5) is 5.95 Å². The molecular formula is C30H42N7O8P. The fourth-order valence-electron chi connectivity index (χ4n) is 4.59. The van der Waals surface area contributed by atoms with Crippen LogP contribution in [-0.4, -0.2) is 62.9 Å². The molecule has 0 bridgehead atoms. The van der Waals surface area contributed by atoms with Gasteiger partial charge in [0.15, 0.2) is 11.2 Å². The van der Waals surface area contributed by atoms with Crippen LogP contribution in [0, 0.1) is 11.3 Å². The number of aromatic nitrogens is 4. The topological polar surface area (TPSA) is 216 Å². The number of carbonyl (C=O) groups is 2. The molecule has 1 aliphatic rings. The highest BCUT2D eigenvalue weighted by Gasteiger charge is 2.52. The summed E-state index contributed by atoms with van der Waals surface area (Å²) in [6.07, 6.45) is 4.60. The van der Waals surface area contributed by atoms with Crippen LogP contribution in [0.25, 0.3) is 17.4 Å². The predicted octanol–water partition coefficient (Wildman–Crippen LogP) is 3.37. The van der Waals surface area contributed by atoms with Crippen LogP contribution >= 0.6 is 7.75 Å². The van der Waals surface area contributed by atoms with Gasteiger partial charge in [-0.25, -0.2) is 9.55 Å². The van der Waals surface area contributed by atoms with Crippen molar-refractivity contribution in [3.63, 3.8) is 0 Å². The Morgan fingerprint density at radius 2 is 1.89 bits per heavy atom. The summed E-state index contributed by atoms with van der Waals surface area (Å²) in [4.78, 5) is 48.5. The molecule has 1 fully saturated rings. The highest BCUT2D eigenvalue weighted by Crippen LogP contribution is 2.56. The van der Waals surface area contributed by atoms with Crippen LogP contribution in [0.1, 0.15) is 53.9 Å². The molecule has 250 valence electrons. The largest absolute Gasteiger partial charge is 0.463 e. The molecule has 2 heterocycles. The zero-order valence-corrected chi connectivity index (χ0v) is 27.5. The molecule has 0 spiro atoms. The van der Waals surface area contributed by atoms with Crippen molar-refractivity contribution in [1.82, 2.24) is 24.6 Å². The number of nitrogen functional groups attached to an aromatic ring is 1. The molecule has 5 atom stereocenters. The van der Waals surface area contributed by atoms with Gasteiger partial charge in [-0.1, -0.05) is 45.4 Å². The van der Waals surface area contributed by atoms with E-state index in [1.165, 1.54) is 17.8 Å². The van der Waals surface area contributed by atoms with E-state index in [2.05, 4.69) is 20.0 Å². The molecule has 46 heavy (non-hydrogen) atoms. The lowest BCUT2D eigenvalue weighted by Gasteiger charge is -2.26. The summed E-state index contributed by atoms with van der Waals surface area (Å²) in [5.74, 6) is -1.22. The first kappa shape index (κ1) is 34.8. The molecule has 15 nitrogen and oxygen atoms in total. The number of carbonyl (C=O) groups excluding carboxylic acids is 2. The van der Waals surface area contributed by atoms with Crippen LogP contribution in [0.3, 0.4) is 0 Å². The van der Waals surface area contributed by atoms with Crippen molar-refractivity contribution in [2.75, 3.05) is 18.9 Å². The first-order chi connectivity index (χ1) is 21.8. The van der Waals surface area contributed by atoms with E-state index < -0.39 is 42.7 Å². The van der Waals surface area contributed by atoms with Crippen molar-refractivity contribution in [2.45, 2.75) is 72.1 Å². The fraction of sp³-hybridized carbons (Fsp3) is 0.500. The zero-order valence-electron chi connectivity index (χ0n) is 26.6. The molecule has 16 heteroatoms. The third kappa shape index (κ3) is 8.60. The maximum atomic E-state index is 14.2. The molecule has 2 aromatic heterocycles. The van der Waals surface area contributed by atoms with E-state index in [-0.39, 0.29) is 48.1 Å². The van der Waals surface area contributed by atoms with Gasteiger partial charge in [0.25, 0.3) is 5.56 Å². The maximum absolute atomic E-state index is 14.2. The molecule has 1 aromatic carbocycles. The second-order valence-corrected chi connectivity index (χ2v) is 13.5. The van der Waals surface area contributed by atoms with Gasteiger partial charge in [0, 0.05) is 6.20 Å². The summed E-state index contributed by atoms with van der Waals surface area (Å²) in [7, 11) is -4.23. The van der Waals surface area contributed by atoms with E-state index in [9.17, 15) is 18.9 Å². The van der Waals surface area contributed by atoms with Crippen molar-refractivity contribution < 1.29 is 32.7 Å². The van der Waals surface area contributed by atoms with Crippen molar-refractivity contribution in [3.05, 3.63) is 52.6 Å². The summed E-state index contributed by atoms with van der Waals surface area (Å²) in [6.45, 7) is 8.47. The number of esters is 2. The molecule has 4 rings (SSSR count). The van der Waals surface area contributed by atoms with Gasteiger partial charge in [-0.2, -0.15) is 10.1 Å². The van der Waals surface area contributed by atoms with Crippen molar-refractivity contribution >= 4 is 43.0 Å². The lowest BCUT2D eigenvalue weighted by atomic mass is 10.1. The van der Waals surface area contributed by atoms with Crippen LogP contribution in [0.15, 0.2) is 47.0 Å². The number of fused-ring (bicyclic) bond motifs is 1. The number of aromatic amines is 1. The highest BCUT2D eigenvalue weighted by atomic mass is 31.2. The minimum Gasteiger partial charge on any atom is -0.463 e. The number of hydrogen-bond donors (Lipinski definition) is 4. The Morgan fingerprint density at radius 1 is 1.17 bits per heavy atom. The van der Waals surface area contributed by atoms with Crippen molar-refractivity contribution in [1.29, 1.82) is 0 Å². The molecule has 0 aliphatic heterocycles. The van der Waals surface area contributed by atoms with Crippen molar-refractivity contribution in [3.8, 4) is 5.75 Å². The molecule has 1 aliphatic carbocycles. The van der Waals surface area contributed by atoms with Crippen molar-refractivity contribution in [2.24, 2.45) is 17.1 Å². The van der Waals surface area contributed by atoms with Crippen LogP contribution in [0.2, 0.25) is 0 Å². The average Bonchev–Trinajstić information content (AvgIpc) is 3.53. The summed E-state index contributed by atoms with van der Waals surface area (Å²) >= 11 is 0. The Labute approximate surface area is 266 Å². The van der Waals surface area contributed by atoms with Gasteiger partial charge in [-0.15, -0.1) is 0 Å². The number of nitrogens with zero attached hydrogens (tertiary/aromatic N) is 3.